The molecule has 0 unspecified atom stereocenters. The molecular formula is C17H12N6O2. The summed E-state index contributed by atoms with van der Waals surface area (Å²) in [6.45, 7) is 0. The average molecular weight is 332 g/mol. The zero-order chi connectivity index (χ0) is 17.2. The summed E-state index contributed by atoms with van der Waals surface area (Å²) in [5, 5.41) is 6.04. The van der Waals surface area contributed by atoms with Crippen molar-refractivity contribution in [3.8, 4) is 0 Å². The standard InChI is InChI=1S/C17H12N6O2/c18-15-21-16-20-13(24)9-5-1-4-8-12(9)23(16)17(22-15)10-6-2-3-7-11(10)19-14(17)25/h1-8H,(H,19,25)(H3,18,20,21,22,24)/t17-/m0/s1. The van der Waals surface area contributed by atoms with E-state index in [1.807, 2.05) is 18.2 Å². The lowest BCUT2D eigenvalue weighted by molar-refractivity contribution is -0.121. The molecule has 1 spiro atoms. The van der Waals surface area contributed by atoms with Crippen molar-refractivity contribution in [1.29, 1.82) is 0 Å². The van der Waals surface area contributed by atoms with Gasteiger partial charge in [-0.2, -0.15) is 4.98 Å². The highest BCUT2D eigenvalue weighted by atomic mass is 16.2. The van der Waals surface area contributed by atoms with E-state index in [1.54, 1.807) is 34.9 Å². The van der Waals surface area contributed by atoms with Gasteiger partial charge in [0.1, 0.15) is 0 Å². The monoisotopic (exact) mass is 332 g/mol. The Balaban J connectivity index is 2.00. The highest BCUT2D eigenvalue weighted by Crippen LogP contribution is 2.44. The number of guanidine groups is 1. The number of rotatable bonds is 0. The molecule has 0 bridgehead atoms. The molecule has 5 rings (SSSR count). The maximum atomic E-state index is 13.0. The predicted octanol–water partition coefficient (Wildman–Crippen LogP) is 0.790. The Morgan fingerprint density at radius 3 is 2.64 bits per heavy atom. The Bertz CT molecular complexity index is 1170. The fourth-order valence-electron chi connectivity index (χ4n) is 3.51. The van der Waals surface area contributed by atoms with Gasteiger partial charge in [-0.15, -0.1) is 0 Å². The van der Waals surface area contributed by atoms with E-state index in [4.69, 9.17) is 5.73 Å². The third-order valence-electron chi connectivity index (χ3n) is 4.51. The van der Waals surface area contributed by atoms with Crippen molar-refractivity contribution in [2.75, 3.05) is 10.6 Å². The molecule has 3 aromatic rings. The Labute approximate surface area is 141 Å². The lowest BCUT2D eigenvalue weighted by atomic mass is 9.99. The van der Waals surface area contributed by atoms with Crippen LogP contribution in [0.25, 0.3) is 10.9 Å². The fourth-order valence-corrected chi connectivity index (χ4v) is 3.51. The Kier molecular flexibility index (Phi) is 2.44. The van der Waals surface area contributed by atoms with Crippen molar-refractivity contribution < 1.29 is 4.79 Å². The van der Waals surface area contributed by atoms with Gasteiger partial charge in [-0.3, -0.25) is 19.5 Å². The molecule has 0 fully saturated rings. The van der Waals surface area contributed by atoms with Crippen molar-refractivity contribution in [2.45, 2.75) is 5.66 Å². The van der Waals surface area contributed by atoms with Crippen molar-refractivity contribution in [3.05, 3.63) is 64.4 Å². The Hall–Kier alpha value is -3.68. The number of nitrogens with one attached hydrogen (secondary N) is 2. The van der Waals surface area contributed by atoms with Crippen LogP contribution in [0, 0.1) is 0 Å². The topological polar surface area (TPSA) is 114 Å². The summed E-state index contributed by atoms with van der Waals surface area (Å²) in [5.41, 5.74) is 5.94. The van der Waals surface area contributed by atoms with Gasteiger partial charge in [0.25, 0.3) is 11.5 Å². The molecule has 8 heteroatoms. The molecule has 0 radical (unpaired) electrons. The normalized spacial score (nSPS) is 20.6. The second kappa shape index (κ2) is 4.44. The van der Waals surface area contributed by atoms with Gasteiger partial charge in [0.05, 0.1) is 10.9 Å². The highest BCUT2D eigenvalue weighted by molar-refractivity contribution is 6.10. The zero-order valence-corrected chi connectivity index (χ0v) is 12.9. The van der Waals surface area contributed by atoms with Gasteiger partial charge in [-0.25, -0.2) is 4.99 Å². The van der Waals surface area contributed by atoms with Gasteiger partial charge in [0.15, 0.2) is 5.96 Å². The SMILES string of the molecule is NC1=N[C@]2(C(=O)Nc3ccccc32)n2c(nc(=O)c3ccccc32)N1. The molecule has 4 N–H and O–H groups in total. The molecule has 25 heavy (non-hydrogen) atoms. The van der Waals surface area contributed by atoms with Crippen LogP contribution < -0.4 is 21.9 Å². The molecule has 3 heterocycles. The molecule has 2 aliphatic heterocycles. The number of nitrogens with two attached hydrogens (primary N) is 1. The third kappa shape index (κ3) is 1.60. The van der Waals surface area contributed by atoms with E-state index in [1.165, 1.54) is 0 Å². The number of aliphatic imine (C=N–C) groups is 1. The van der Waals surface area contributed by atoms with E-state index in [0.29, 0.717) is 22.2 Å². The summed E-state index contributed by atoms with van der Waals surface area (Å²) in [4.78, 5) is 33.9. The smallest absolute Gasteiger partial charge is 0.282 e. The summed E-state index contributed by atoms with van der Waals surface area (Å²) in [6, 6.07) is 14.2. The van der Waals surface area contributed by atoms with Crippen molar-refractivity contribution in [3.63, 3.8) is 0 Å². The number of hydrogen-bond donors (Lipinski definition) is 3. The molecule has 1 amide bonds. The average Bonchev–Trinajstić information content (AvgIpc) is 2.87. The van der Waals surface area contributed by atoms with Crippen LogP contribution in [0.4, 0.5) is 11.6 Å². The first-order valence-electron chi connectivity index (χ1n) is 7.67. The summed E-state index contributed by atoms with van der Waals surface area (Å²) in [7, 11) is 0. The summed E-state index contributed by atoms with van der Waals surface area (Å²) >= 11 is 0. The van der Waals surface area contributed by atoms with Crippen LogP contribution >= 0.6 is 0 Å². The first kappa shape index (κ1) is 13.7. The number of fused-ring (bicyclic) bond motifs is 6. The van der Waals surface area contributed by atoms with Gasteiger partial charge >= 0.3 is 0 Å². The van der Waals surface area contributed by atoms with E-state index >= 15 is 0 Å². The Morgan fingerprint density at radius 1 is 1.00 bits per heavy atom. The van der Waals surface area contributed by atoms with Crippen LogP contribution in [0.3, 0.4) is 0 Å². The number of anilines is 2. The van der Waals surface area contributed by atoms with Crippen LogP contribution in [-0.4, -0.2) is 21.4 Å². The first-order chi connectivity index (χ1) is 12.1. The van der Waals surface area contributed by atoms with Crippen molar-refractivity contribution >= 4 is 34.4 Å². The molecule has 1 atom stereocenters. The maximum Gasteiger partial charge on any atom is 0.282 e. The maximum absolute atomic E-state index is 13.0. The van der Waals surface area contributed by atoms with E-state index in [9.17, 15) is 9.59 Å². The molecule has 0 aliphatic carbocycles. The fraction of sp³-hybridized carbons (Fsp3) is 0.0588. The minimum absolute atomic E-state index is 0.0223. The van der Waals surface area contributed by atoms with Crippen LogP contribution in [-0.2, 0) is 10.5 Å². The van der Waals surface area contributed by atoms with Gasteiger partial charge in [0.2, 0.25) is 11.6 Å². The van der Waals surface area contributed by atoms with Gasteiger partial charge in [0, 0.05) is 11.3 Å². The van der Waals surface area contributed by atoms with Gasteiger partial charge in [-0.05, 0) is 18.2 Å². The number of hydrogen-bond acceptors (Lipinski definition) is 6. The molecule has 0 saturated carbocycles. The number of aromatic nitrogens is 2. The third-order valence-corrected chi connectivity index (χ3v) is 4.51. The minimum Gasteiger partial charge on any atom is -0.370 e. The molecule has 0 saturated heterocycles. The van der Waals surface area contributed by atoms with E-state index in [2.05, 4.69) is 20.6 Å². The number of carbonyl (C=O) groups is 1. The van der Waals surface area contributed by atoms with Crippen LogP contribution in [0.15, 0.2) is 58.3 Å². The number of benzene rings is 2. The molecule has 2 aliphatic rings. The largest absolute Gasteiger partial charge is 0.370 e. The first-order valence-corrected chi connectivity index (χ1v) is 7.67. The summed E-state index contributed by atoms with van der Waals surface area (Å²) in [6.07, 6.45) is 0. The molecule has 2 aromatic carbocycles. The molecule has 8 nitrogen and oxygen atoms in total. The van der Waals surface area contributed by atoms with Crippen LogP contribution in [0.1, 0.15) is 5.56 Å². The lowest BCUT2D eigenvalue weighted by Gasteiger charge is -2.33. The molecule has 122 valence electrons. The van der Waals surface area contributed by atoms with Crippen molar-refractivity contribution in [1.82, 2.24) is 9.55 Å². The van der Waals surface area contributed by atoms with Crippen LogP contribution in [0.5, 0.6) is 0 Å². The minimum atomic E-state index is -1.44. The summed E-state index contributed by atoms with van der Waals surface area (Å²) in [5.74, 6) is -0.146. The van der Waals surface area contributed by atoms with Gasteiger partial charge in [-0.1, -0.05) is 30.3 Å². The number of carbonyl (C=O) groups excluding carboxylic acids is 1. The number of amides is 1. The van der Waals surface area contributed by atoms with E-state index < -0.39 is 11.2 Å². The number of nitrogens with zero attached hydrogens (tertiary/aromatic N) is 3. The van der Waals surface area contributed by atoms with E-state index in [0.717, 1.165) is 0 Å². The number of para-hydroxylation sites is 2. The molecule has 1 aromatic heterocycles. The second-order valence-corrected chi connectivity index (χ2v) is 5.89. The Morgan fingerprint density at radius 2 is 1.76 bits per heavy atom. The predicted molar refractivity (Wildman–Crippen MR) is 93.4 cm³/mol. The molecular weight excluding hydrogens is 320 g/mol. The van der Waals surface area contributed by atoms with Gasteiger partial charge < -0.3 is 11.1 Å². The zero-order valence-electron chi connectivity index (χ0n) is 12.9. The van der Waals surface area contributed by atoms with E-state index in [-0.39, 0.29) is 17.8 Å². The second-order valence-electron chi connectivity index (χ2n) is 5.89. The van der Waals surface area contributed by atoms with Crippen molar-refractivity contribution in [2.24, 2.45) is 10.7 Å². The van der Waals surface area contributed by atoms with Crippen LogP contribution in [0.2, 0.25) is 0 Å². The quantitative estimate of drug-likeness (QED) is 0.563. The summed E-state index contributed by atoms with van der Waals surface area (Å²) < 4.78 is 1.63. The highest BCUT2D eigenvalue weighted by Gasteiger charge is 2.52. The lowest BCUT2D eigenvalue weighted by Crippen LogP contribution is -2.49.